The summed E-state index contributed by atoms with van der Waals surface area (Å²) in [7, 11) is 0. The maximum atomic E-state index is 10.4. The number of aryl methyl sites for hydroxylation is 1. The van der Waals surface area contributed by atoms with Crippen molar-refractivity contribution < 1.29 is 9.52 Å². The molecule has 0 saturated heterocycles. The van der Waals surface area contributed by atoms with Crippen molar-refractivity contribution in [2.75, 3.05) is 0 Å². The van der Waals surface area contributed by atoms with Crippen LogP contribution in [0.15, 0.2) is 53.1 Å². The molecule has 0 spiro atoms. The average Bonchev–Trinajstić information content (AvgIpc) is 2.86. The Morgan fingerprint density at radius 2 is 2.00 bits per heavy atom. The quantitative estimate of drug-likeness (QED) is 0.759. The number of fused-ring (bicyclic) bond motifs is 1. The van der Waals surface area contributed by atoms with Gasteiger partial charge >= 0.3 is 0 Å². The van der Waals surface area contributed by atoms with Gasteiger partial charge in [-0.3, -0.25) is 0 Å². The number of hydrogen-bond donors (Lipinski definition) is 1. The smallest absolute Gasteiger partial charge is 0.134 e. The van der Waals surface area contributed by atoms with Gasteiger partial charge in [0.1, 0.15) is 5.58 Å². The number of hydrogen-bond acceptors (Lipinski definition) is 2. The molecular formula is C17H15ClO2. The zero-order chi connectivity index (χ0) is 14.1. The van der Waals surface area contributed by atoms with Gasteiger partial charge in [0.05, 0.1) is 12.4 Å². The summed E-state index contributed by atoms with van der Waals surface area (Å²) in [6, 6.07) is 13.6. The van der Waals surface area contributed by atoms with Crippen LogP contribution in [-0.4, -0.2) is 5.11 Å². The molecule has 102 valence electrons. The van der Waals surface area contributed by atoms with E-state index in [1.807, 2.05) is 49.4 Å². The Labute approximate surface area is 122 Å². The Bertz CT molecular complexity index is 746. The van der Waals surface area contributed by atoms with Crippen LogP contribution in [0.5, 0.6) is 0 Å². The van der Waals surface area contributed by atoms with E-state index in [0.717, 1.165) is 27.7 Å². The summed E-state index contributed by atoms with van der Waals surface area (Å²) >= 11 is 6.22. The summed E-state index contributed by atoms with van der Waals surface area (Å²) in [5.74, 6) is 0. The fraction of sp³-hybridized carbons (Fsp3) is 0.176. The molecule has 0 aliphatic heterocycles. The third-order valence-electron chi connectivity index (χ3n) is 3.49. The third kappa shape index (κ3) is 2.45. The molecule has 1 aromatic heterocycles. The van der Waals surface area contributed by atoms with Gasteiger partial charge in [-0.2, -0.15) is 0 Å². The highest BCUT2D eigenvalue weighted by Crippen LogP contribution is 2.30. The lowest BCUT2D eigenvalue weighted by molar-refractivity contribution is 0.179. The van der Waals surface area contributed by atoms with Crippen LogP contribution in [0.4, 0.5) is 0 Å². The van der Waals surface area contributed by atoms with E-state index >= 15 is 0 Å². The molecule has 1 atom stereocenters. The van der Waals surface area contributed by atoms with Crippen molar-refractivity contribution in [1.29, 1.82) is 0 Å². The van der Waals surface area contributed by atoms with Gasteiger partial charge in [-0.25, -0.2) is 0 Å². The Kier molecular flexibility index (Phi) is 3.51. The van der Waals surface area contributed by atoms with Crippen molar-refractivity contribution in [3.05, 3.63) is 70.4 Å². The average molecular weight is 287 g/mol. The van der Waals surface area contributed by atoms with E-state index in [4.69, 9.17) is 16.0 Å². The first-order valence-corrected chi connectivity index (χ1v) is 6.92. The highest BCUT2D eigenvalue weighted by Gasteiger charge is 2.16. The van der Waals surface area contributed by atoms with Crippen molar-refractivity contribution in [1.82, 2.24) is 0 Å². The summed E-state index contributed by atoms with van der Waals surface area (Å²) in [5.41, 5.74) is 3.64. The summed E-state index contributed by atoms with van der Waals surface area (Å²) in [6.07, 6.45) is 1.47. The topological polar surface area (TPSA) is 33.4 Å². The third-order valence-corrected chi connectivity index (χ3v) is 3.84. The minimum absolute atomic E-state index is 0.475. The maximum Gasteiger partial charge on any atom is 0.134 e. The van der Waals surface area contributed by atoms with Gasteiger partial charge in [-0.15, -0.1) is 0 Å². The van der Waals surface area contributed by atoms with E-state index in [0.29, 0.717) is 11.4 Å². The van der Waals surface area contributed by atoms with Crippen LogP contribution in [-0.2, 0) is 6.42 Å². The first-order valence-electron chi connectivity index (χ1n) is 6.54. The van der Waals surface area contributed by atoms with Crippen molar-refractivity contribution in [3.63, 3.8) is 0 Å². The number of para-hydroxylation sites is 1. The highest BCUT2D eigenvalue weighted by molar-refractivity contribution is 6.31. The predicted octanol–water partition coefficient (Wildman–Crippen LogP) is 4.67. The van der Waals surface area contributed by atoms with Gasteiger partial charge in [-0.05, 0) is 30.2 Å². The number of rotatable bonds is 3. The van der Waals surface area contributed by atoms with Crippen molar-refractivity contribution in [2.45, 2.75) is 19.4 Å². The number of aliphatic hydroxyl groups excluding tert-OH is 1. The molecule has 1 unspecified atom stereocenters. The summed E-state index contributed by atoms with van der Waals surface area (Å²) in [5, 5.41) is 12.1. The van der Waals surface area contributed by atoms with E-state index in [1.165, 1.54) is 0 Å². The van der Waals surface area contributed by atoms with Gasteiger partial charge in [0, 0.05) is 22.4 Å². The van der Waals surface area contributed by atoms with Crippen LogP contribution < -0.4 is 0 Å². The van der Waals surface area contributed by atoms with Crippen LogP contribution in [0.25, 0.3) is 11.0 Å². The SMILES string of the molecule is Cc1ccc(CC(O)c2coc3ccccc23)c(Cl)c1. The molecule has 0 radical (unpaired) electrons. The molecule has 2 nitrogen and oxygen atoms in total. The first kappa shape index (κ1) is 13.2. The first-order chi connectivity index (χ1) is 9.65. The Morgan fingerprint density at radius 1 is 1.20 bits per heavy atom. The largest absolute Gasteiger partial charge is 0.464 e. The molecular weight excluding hydrogens is 272 g/mol. The number of furan rings is 1. The minimum atomic E-state index is -0.626. The van der Waals surface area contributed by atoms with Crippen LogP contribution in [0.2, 0.25) is 5.02 Å². The van der Waals surface area contributed by atoms with E-state index in [2.05, 4.69) is 0 Å². The number of aliphatic hydroxyl groups is 1. The zero-order valence-electron chi connectivity index (χ0n) is 11.1. The molecule has 0 aliphatic rings. The summed E-state index contributed by atoms with van der Waals surface area (Å²) < 4.78 is 5.46. The Balaban J connectivity index is 1.91. The maximum absolute atomic E-state index is 10.4. The Morgan fingerprint density at radius 3 is 2.80 bits per heavy atom. The molecule has 0 aliphatic carbocycles. The second kappa shape index (κ2) is 5.31. The molecule has 1 N–H and O–H groups in total. The highest BCUT2D eigenvalue weighted by atomic mass is 35.5. The van der Waals surface area contributed by atoms with Gasteiger partial charge < -0.3 is 9.52 Å². The molecule has 3 aromatic rings. The fourth-order valence-corrected chi connectivity index (χ4v) is 2.70. The lowest BCUT2D eigenvalue weighted by Gasteiger charge is -2.11. The van der Waals surface area contributed by atoms with Crippen molar-refractivity contribution >= 4 is 22.6 Å². The predicted molar refractivity (Wildman–Crippen MR) is 81.1 cm³/mol. The molecule has 3 rings (SSSR count). The van der Waals surface area contributed by atoms with Crippen molar-refractivity contribution in [2.24, 2.45) is 0 Å². The molecule has 1 heterocycles. The van der Waals surface area contributed by atoms with Gasteiger partial charge in [0.25, 0.3) is 0 Å². The van der Waals surface area contributed by atoms with Crippen molar-refractivity contribution in [3.8, 4) is 0 Å². The monoisotopic (exact) mass is 286 g/mol. The standard InChI is InChI=1S/C17H15ClO2/c1-11-6-7-12(15(18)8-11)9-16(19)14-10-20-17-5-3-2-4-13(14)17/h2-8,10,16,19H,9H2,1H3. The second-order valence-electron chi connectivity index (χ2n) is 5.00. The van der Waals surface area contributed by atoms with E-state index < -0.39 is 6.10 Å². The summed E-state index contributed by atoms with van der Waals surface area (Å²) in [4.78, 5) is 0. The molecule has 20 heavy (non-hydrogen) atoms. The molecule has 3 heteroatoms. The van der Waals surface area contributed by atoms with E-state index in [9.17, 15) is 5.11 Å². The van der Waals surface area contributed by atoms with Gasteiger partial charge in [0.2, 0.25) is 0 Å². The number of halogens is 1. The van der Waals surface area contributed by atoms with Crippen LogP contribution in [0.3, 0.4) is 0 Å². The Hall–Kier alpha value is -1.77. The molecule has 0 amide bonds. The molecule has 0 saturated carbocycles. The summed E-state index contributed by atoms with van der Waals surface area (Å²) in [6.45, 7) is 2.00. The van der Waals surface area contributed by atoms with Gasteiger partial charge in [0.15, 0.2) is 0 Å². The lowest BCUT2D eigenvalue weighted by Crippen LogP contribution is -2.01. The van der Waals surface area contributed by atoms with Crippen LogP contribution in [0, 0.1) is 6.92 Å². The van der Waals surface area contributed by atoms with Crippen LogP contribution in [0.1, 0.15) is 22.8 Å². The lowest BCUT2D eigenvalue weighted by atomic mass is 10.00. The fourth-order valence-electron chi connectivity index (χ4n) is 2.39. The van der Waals surface area contributed by atoms with Gasteiger partial charge in [-0.1, -0.05) is 41.9 Å². The molecule has 0 fully saturated rings. The van der Waals surface area contributed by atoms with Crippen LogP contribution >= 0.6 is 11.6 Å². The zero-order valence-corrected chi connectivity index (χ0v) is 11.9. The molecule has 0 bridgehead atoms. The van der Waals surface area contributed by atoms with E-state index in [-0.39, 0.29) is 0 Å². The normalized spacial score (nSPS) is 12.8. The van der Waals surface area contributed by atoms with E-state index in [1.54, 1.807) is 6.26 Å². The molecule has 2 aromatic carbocycles. The second-order valence-corrected chi connectivity index (χ2v) is 5.41. The minimum Gasteiger partial charge on any atom is -0.464 e. The number of benzene rings is 2.